The Balaban J connectivity index is 2.35. The highest BCUT2D eigenvalue weighted by molar-refractivity contribution is 9.10. The molecule has 0 fully saturated rings. The molecule has 0 spiro atoms. The molecule has 0 aliphatic rings. The lowest BCUT2D eigenvalue weighted by Gasteiger charge is -2.10. The molecule has 0 saturated carbocycles. The van der Waals surface area contributed by atoms with E-state index in [-0.39, 0.29) is 10.6 Å². The number of nitrogens with zero attached hydrogens (tertiary/aromatic N) is 2. The van der Waals surface area contributed by atoms with E-state index in [2.05, 4.69) is 25.6 Å². The van der Waals surface area contributed by atoms with Crippen molar-refractivity contribution in [2.45, 2.75) is 11.8 Å². The third kappa shape index (κ3) is 3.15. The minimum Gasteiger partial charge on any atom is -0.278 e. The lowest BCUT2D eigenvalue weighted by atomic mass is 10.2. The van der Waals surface area contributed by atoms with Crippen molar-refractivity contribution in [2.75, 3.05) is 4.72 Å². The molecule has 2 aromatic rings. The lowest BCUT2D eigenvalue weighted by Crippen LogP contribution is -2.13. The molecule has 0 radical (unpaired) electrons. The minimum absolute atomic E-state index is 0.00454. The van der Waals surface area contributed by atoms with Gasteiger partial charge in [-0.15, -0.1) is 0 Å². The number of hydrogen-bond acceptors (Lipinski definition) is 4. The summed E-state index contributed by atoms with van der Waals surface area (Å²) >= 11 is 3.29. The maximum absolute atomic E-state index is 12.2. The molecule has 2 rings (SSSR count). The van der Waals surface area contributed by atoms with Crippen molar-refractivity contribution >= 4 is 31.6 Å². The van der Waals surface area contributed by atoms with E-state index in [1.807, 2.05) is 19.1 Å². The van der Waals surface area contributed by atoms with Crippen LogP contribution in [0.1, 0.15) is 11.3 Å². The van der Waals surface area contributed by atoms with Gasteiger partial charge in [0.05, 0.1) is 5.69 Å². The summed E-state index contributed by atoms with van der Waals surface area (Å²) in [6, 6.07) is 9.90. The van der Waals surface area contributed by atoms with Crippen LogP contribution < -0.4 is 4.72 Å². The number of pyridine rings is 1. The monoisotopic (exact) mass is 351 g/mol. The highest BCUT2D eigenvalue weighted by Gasteiger charge is 2.16. The van der Waals surface area contributed by atoms with Crippen molar-refractivity contribution in [3.8, 4) is 6.07 Å². The molecule has 0 atom stereocenters. The average molecular weight is 352 g/mol. The normalized spacial score (nSPS) is 10.8. The molecule has 1 heterocycles. The van der Waals surface area contributed by atoms with Crippen molar-refractivity contribution in [1.29, 1.82) is 5.26 Å². The molecule has 0 aliphatic heterocycles. The number of aromatic nitrogens is 1. The molecule has 0 saturated heterocycles. The van der Waals surface area contributed by atoms with Crippen molar-refractivity contribution in [2.24, 2.45) is 0 Å². The van der Waals surface area contributed by atoms with Crippen molar-refractivity contribution in [1.82, 2.24) is 4.98 Å². The summed E-state index contributed by atoms with van der Waals surface area (Å²) in [6.07, 6.45) is 1.16. The number of nitrogens with one attached hydrogen (secondary N) is 1. The van der Waals surface area contributed by atoms with E-state index in [9.17, 15) is 8.42 Å². The van der Waals surface area contributed by atoms with Crippen LogP contribution in [0.25, 0.3) is 0 Å². The maximum Gasteiger partial charge on any atom is 0.263 e. The molecule has 1 N–H and O–H groups in total. The summed E-state index contributed by atoms with van der Waals surface area (Å²) < 4.78 is 27.5. The largest absolute Gasteiger partial charge is 0.278 e. The van der Waals surface area contributed by atoms with Crippen molar-refractivity contribution in [3.05, 3.63) is 52.3 Å². The number of anilines is 1. The van der Waals surface area contributed by atoms with E-state index in [1.54, 1.807) is 12.1 Å². The second kappa shape index (κ2) is 5.61. The summed E-state index contributed by atoms with van der Waals surface area (Å²) in [5.74, 6) is 0. The number of benzene rings is 1. The third-order valence-electron chi connectivity index (χ3n) is 2.53. The topological polar surface area (TPSA) is 82.9 Å². The lowest BCUT2D eigenvalue weighted by molar-refractivity contribution is 0.601. The first kappa shape index (κ1) is 14.5. The first-order chi connectivity index (χ1) is 9.42. The van der Waals surface area contributed by atoms with E-state index in [4.69, 9.17) is 5.26 Å². The Bertz CT molecular complexity index is 780. The predicted molar refractivity (Wildman–Crippen MR) is 78.6 cm³/mol. The predicted octanol–water partition coefficient (Wildman–Crippen LogP) is 2.83. The maximum atomic E-state index is 12.2. The molecule has 1 aromatic carbocycles. The van der Waals surface area contributed by atoms with Crippen LogP contribution in [0.4, 0.5) is 5.69 Å². The van der Waals surface area contributed by atoms with Crippen LogP contribution in [0.15, 0.2) is 45.9 Å². The number of sulfonamides is 1. The summed E-state index contributed by atoms with van der Waals surface area (Å²) in [6.45, 7) is 1.87. The molecular formula is C13H10BrN3O2S. The smallest absolute Gasteiger partial charge is 0.263 e. The van der Waals surface area contributed by atoms with Crippen LogP contribution >= 0.6 is 15.9 Å². The van der Waals surface area contributed by atoms with Gasteiger partial charge >= 0.3 is 0 Å². The van der Waals surface area contributed by atoms with Gasteiger partial charge in [-0.2, -0.15) is 5.26 Å². The van der Waals surface area contributed by atoms with E-state index in [0.29, 0.717) is 10.2 Å². The highest BCUT2D eigenvalue weighted by Crippen LogP contribution is 2.25. The first-order valence-electron chi connectivity index (χ1n) is 5.57. The molecule has 0 aliphatic carbocycles. The zero-order valence-electron chi connectivity index (χ0n) is 10.5. The fourth-order valence-corrected chi connectivity index (χ4v) is 3.02. The van der Waals surface area contributed by atoms with Gasteiger partial charge < -0.3 is 0 Å². The second-order valence-electron chi connectivity index (χ2n) is 4.08. The molecule has 7 heteroatoms. The Kier molecular flexibility index (Phi) is 4.06. The Morgan fingerprint density at radius 3 is 2.65 bits per heavy atom. The highest BCUT2D eigenvalue weighted by atomic mass is 79.9. The molecule has 5 nitrogen and oxygen atoms in total. The summed E-state index contributed by atoms with van der Waals surface area (Å²) in [7, 11) is -3.73. The standard InChI is InChI=1S/C13H10BrN3O2S/c1-9-2-5-12(14)13(6-9)17-20(18,19)11-4-3-10(7-15)16-8-11/h2-6,8,17H,1H3. The number of nitriles is 1. The van der Waals surface area contributed by atoms with Crippen LogP contribution in [-0.2, 0) is 10.0 Å². The molecule has 1 aromatic heterocycles. The molecule has 20 heavy (non-hydrogen) atoms. The van der Waals surface area contributed by atoms with Crippen molar-refractivity contribution in [3.63, 3.8) is 0 Å². The van der Waals surface area contributed by atoms with Crippen LogP contribution in [-0.4, -0.2) is 13.4 Å². The van der Waals surface area contributed by atoms with Crippen LogP contribution in [0.2, 0.25) is 0 Å². The molecular weight excluding hydrogens is 342 g/mol. The van der Waals surface area contributed by atoms with Crippen LogP contribution in [0.5, 0.6) is 0 Å². The van der Waals surface area contributed by atoms with E-state index >= 15 is 0 Å². The Morgan fingerprint density at radius 1 is 1.30 bits per heavy atom. The van der Waals surface area contributed by atoms with Gasteiger partial charge in [0.2, 0.25) is 0 Å². The van der Waals surface area contributed by atoms with Gasteiger partial charge in [0.1, 0.15) is 16.7 Å². The van der Waals surface area contributed by atoms with E-state index in [1.165, 1.54) is 12.1 Å². The Morgan fingerprint density at radius 2 is 2.05 bits per heavy atom. The van der Waals surface area contributed by atoms with E-state index in [0.717, 1.165) is 11.8 Å². The first-order valence-corrected chi connectivity index (χ1v) is 7.85. The van der Waals surface area contributed by atoms with Gasteiger partial charge in [-0.05, 0) is 52.7 Å². The summed E-state index contributed by atoms with van der Waals surface area (Å²) in [5, 5.41) is 8.65. The van der Waals surface area contributed by atoms with Crippen molar-refractivity contribution < 1.29 is 8.42 Å². The van der Waals surface area contributed by atoms with Gasteiger partial charge in [0.15, 0.2) is 0 Å². The summed E-state index contributed by atoms with van der Waals surface area (Å²) in [4.78, 5) is 3.76. The average Bonchev–Trinajstić information content (AvgIpc) is 2.43. The Hall–Kier alpha value is -1.91. The van der Waals surface area contributed by atoms with Crippen LogP contribution in [0, 0.1) is 18.3 Å². The van der Waals surface area contributed by atoms with Gasteiger partial charge in [-0.3, -0.25) is 4.72 Å². The quantitative estimate of drug-likeness (QED) is 0.921. The fourth-order valence-electron chi connectivity index (χ4n) is 1.53. The molecule has 0 amide bonds. The van der Waals surface area contributed by atoms with Crippen LogP contribution in [0.3, 0.4) is 0 Å². The van der Waals surface area contributed by atoms with Gasteiger partial charge in [-0.25, -0.2) is 13.4 Å². The molecule has 0 bridgehead atoms. The van der Waals surface area contributed by atoms with Gasteiger partial charge in [0, 0.05) is 10.7 Å². The van der Waals surface area contributed by atoms with Gasteiger partial charge in [-0.1, -0.05) is 6.07 Å². The minimum atomic E-state index is -3.73. The number of rotatable bonds is 3. The molecule has 102 valence electrons. The summed E-state index contributed by atoms with van der Waals surface area (Å²) in [5.41, 5.74) is 1.55. The Labute approximate surface area is 125 Å². The SMILES string of the molecule is Cc1ccc(Br)c(NS(=O)(=O)c2ccc(C#N)nc2)c1. The number of aryl methyl sites for hydroxylation is 1. The van der Waals surface area contributed by atoms with Gasteiger partial charge in [0.25, 0.3) is 10.0 Å². The number of halogens is 1. The molecule has 0 unspecified atom stereocenters. The third-order valence-corrected chi connectivity index (χ3v) is 4.57. The number of hydrogen-bond donors (Lipinski definition) is 1. The zero-order valence-corrected chi connectivity index (χ0v) is 12.9. The van der Waals surface area contributed by atoms with E-state index < -0.39 is 10.0 Å². The fraction of sp³-hybridized carbons (Fsp3) is 0.0769. The zero-order chi connectivity index (χ0) is 14.8. The second-order valence-corrected chi connectivity index (χ2v) is 6.62.